The van der Waals surface area contributed by atoms with Crippen molar-refractivity contribution in [2.45, 2.75) is 32.7 Å². The molecule has 1 aromatic rings. The van der Waals surface area contributed by atoms with Gasteiger partial charge in [-0.1, -0.05) is 13.3 Å². The lowest BCUT2D eigenvalue weighted by molar-refractivity contribution is 0.0601. The minimum atomic E-state index is -0.354. The summed E-state index contributed by atoms with van der Waals surface area (Å²) in [5.41, 5.74) is 7.67. The summed E-state index contributed by atoms with van der Waals surface area (Å²) in [6.07, 6.45) is 2.18. The van der Waals surface area contributed by atoms with Crippen molar-refractivity contribution in [1.82, 2.24) is 0 Å². The number of carbonyl (C=O) groups excluding carboxylic acids is 1. The summed E-state index contributed by atoms with van der Waals surface area (Å²) in [7, 11) is 3.36. The second-order valence-electron chi connectivity index (χ2n) is 4.52. The molecule has 0 saturated carbocycles. The van der Waals surface area contributed by atoms with Crippen LogP contribution in [0.2, 0.25) is 0 Å². The van der Waals surface area contributed by atoms with Crippen LogP contribution in [0, 0.1) is 0 Å². The molecular weight excluding hydrogens is 228 g/mol. The maximum Gasteiger partial charge on any atom is 0.340 e. The highest BCUT2D eigenvalue weighted by Crippen LogP contribution is 2.25. The van der Waals surface area contributed by atoms with Crippen LogP contribution in [0.25, 0.3) is 0 Å². The van der Waals surface area contributed by atoms with E-state index in [2.05, 4.69) is 18.7 Å². The number of benzene rings is 1. The van der Waals surface area contributed by atoms with Gasteiger partial charge in [0.15, 0.2) is 0 Å². The molecule has 0 bridgehead atoms. The van der Waals surface area contributed by atoms with Gasteiger partial charge in [-0.2, -0.15) is 0 Å². The van der Waals surface area contributed by atoms with Gasteiger partial charge in [-0.3, -0.25) is 0 Å². The number of ether oxygens (including phenoxy) is 1. The molecule has 0 aliphatic carbocycles. The average molecular weight is 250 g/mol. The van der Waals surface area contributed by atoms with Crippen LogP contribution in [0.5, 0.6) is 0 Å². The molecule has 0 spiro atoms. The van der Waals surface area contributed by atoms with Gasteiger partial charge in [-0.15, -0.1) is 0 Å². The van der Waals surface area contributed by atoms with E-state index in [-0.39, 0.29) is 5.97 Å². The Bertz CT molecular complexity index is 418. The predicted octanol–water partition coefficient (Wildman–Crippen LogP) is 2.68. The molecule has 0 amide bonds. The monoisotopic (exact) mass is 250 g/mol. The molecule has 100 valence electrons. The lowest BCUT2D eigenvalue weighted by atomic mass is 10.1. The largest absolute Gasteiger partial charge is 0.465 e. The molecule has 0 saturated heterocycles. The van der Waals surface area contributed by atoms with Crippen LogP contribution in [0.4, 0.5) is 11.4 Å². The maximum atomic E-state index is 11.8. The number of esters is 1. The second kappa shape index (κ2) is 6.28. The van der Waals surface area contributed by atoms with Gasteiger partial charge < -0.3 is 15.4 Å². The van der Waals surface area contributed by atoms with Gasteiger partial charge in [0.2, 0.25) is 0 Å². The molecule has 4 nitrogen and oxygen atoms in total. The molecular formula is C14H22N2O2. The van der Waals surface area contributed by atoms with Crippen molar-refractivity contribution >= 4 is 17.3 Å². The van der Waals surface area contributed by atoms with E-state index in [1.54, 1.807) is 12.1 Å². The van der Waals surface area contributed by atoms with Gasteiger partial charge in [0, 0.05) is 18.8 Å². The van der Waals surface area contributed by atoms with E-state index in [1.165, 1.54) is 7.11 Å². The minimum Gasteiger partial charge on any atom is -0.465 e. The molecule has 18 heavy (non-hydrogen) atoms. The smallest absolute Gasteiger partial charge is 0.340 e. The molecule has 4 heteroatoms. The number of rotatable bonds is 5. The van der Waals surface area contributed by atoms with Gasteiger partial charge in [0.1, 0.15) is 0 Å². The number of hydrogen-bond acceptors (Lipinski definition) is 4. The van der Waals surface area contributed by atoms with Crippen molar-refractivity contribution in [3.05, 3.63) is 23.8 Å². The van der Waals surface area contributed by atoms with Crippen molar-refractivity contribution < 1.29 is 9.53 Å². The summed E-state index contributed by atoms with van der Waals surface area (Å²) in [6, 6.07) is 5.70. The van der Waals surface area contributed by atoms with Crippen LogP contribution in [0.15, 0.2) is 18.2 Å². The average Bonchev–Trinajstić information content (AvgIpc) is 2.37. The number of nitrogen functional groups attached to an aromatic ring is 1. The fourth-order valence-electron chi connectivity index (χ4n) is 1.98. The van der Waals surface area contributed by atoms with Crippen molar-refractivity contribution in [3.63, 3.8) is 0 Å². The summed E-state index contributed by atoms with van der Waals surface area (Å²) in [6.45, 7) is 4.29. The Balaban J connectivity index is 3.11. The first kappa shape index (κ1) is 14.4. The van der Waals surface area contributed by atoms with E-state index in [9.17, 15) is 4.79 Å². The van der Waals surface area contributed by atoms with E-state index in [0.29, 0.717) is 17.3 Å². The van der Waals surface area contributed by atoms with Crippen LogP contribution in [-0.2, 0) is 4.74 Å². The molecule has 0 radical (unpaired) electrons. The number of anilines is 2. The number of nitrogens with zero attached hydrogens (tertiary/aromatic N) is 1. The molecule has 0 aliphatic heterocycles. The Morgan fingerprint density at radius 2 is 2.17 bits per heavy atom. The molecule has 0 fully saturated rings. The van der Waals surface area contributed by atoms with Crippen LogP contribution in [0.1, 0.15) is 37.0 Å². The van der Waals surface area contributed by atoms with Gasteiger partial charge in [0.05, 0.1) is 18.4 Å². The van der Waals surface area contributed by atoms with Crippen molar-refractivity contribution in [2.24, 2.45) is 0 Å². The molecule has 1 atom stereocenters. The highest BCUT2D eigenvalue weighted by Gasteiger charge is 2.18. The van der Waals surface area contributed by atoms with Crippen LogP contribution >= 0.6 is 0 Å². The topological polar surface area (TPSA) is 55.6 Å². The van der Waals surface area contributed by atoms with Gasteiger partial charge in [-0.25, -0.2) is 4.79 Å². The zero-order valence-corrected chi connectivity index (χ0v) is 11.6. The first-order chi connectivity index (χ1) is 8.51. The number of carbonyl (C=O) groups is 1. The van der Waals surface area contributed by atoms with E-state index < -0.39 is 0 Å². The molecule has 0 heterocycles. The van der Waals surface area contributed by atoms with Crippen LogP contribution in [0.3, 0.4) is 0 Å². The highest BCUT2D eigenvalue weighted by molar-refractivity contribution is 5.96. The second-order valence-corrected chi connectivity index (χ2v) is 4.52. The van der Waals surface area contributed by atoms with E-state index >= 15 is 0 Å². The number of nitrogens with two attached hydrogens (primary N) is 1. The lowest BCUT2D eigenvalue weighted by Gasteiger charge is -2.28. The summed E-state index contributed by atoms with van der Waals surface area (Å²) in [5.74, 6) is -0.354. The van der Waals surface area contributed by atoms with E-state index in [1.807, 2.05) is 13.1 Å². The van der Waals surface area contributed by atoms with Gasteiger partial charge in [0.25, 0.3) is 0 Å². The van der Waals surface area contributed by atoms with Crippen molar-refractivity contribution in [2.75, 3.05) is 24.8 Å². The SMILES string of the molecule is CCCC(C)N(C)c1ccc(N)cc1C(=O)OC. The zero-order valence-electron chi connectivity index (χ0n) is 11.6. The summed E-state index contributed by atoms with van der Waals surface area (Å²) in [4.78, 5) is 13.9. The quantitative estimate of drug-likeness (QED) is 0.645. The Labute approximate surface area is 109 Å². The molecule has 0 aromatic heterocycles. The molecule has 0 aliphatic rings. The number of hydrogen-bond donors (Lipinski definition) is 1. The molecule has 1 rings (SSSR count). The fraction of sp³-hybridized carbons (Fsp3) is 0.500. The molecule has 1 unspecified atom stereocenters. The summed E-state index contributed by atoms with van der Waals surface area (Å²) < 4.78 is 4.80. The first-order valence-electron chi connectivity index (χ1n) is 6.21. The van der Waals surface area contributed by atoms with Crippen molar-refractivity contribution in [3.8, 4) is 0 Å². The van der Waals surface area contributed by atoms with Crippen LogP contribution < -0.4 is 10.6 Å². The lowest BCUT2D eigenvalue weighted by Crippen LogP contribution is -2.30. The van der Waals surface area contributed by atoms with Gasteiger partial charge >= 0.3 is 5.97 Å². The normalized spacial score (nSPS) is 12.0. The molecule has 1 aromatic carbocycles. The van der Waals surface area contributed by atoms with E-state index in [4.69, 9.17) is 10.5 Å². The maximum absolute atomic E-state index is 11.8. The van der Waals surface area contributed by atoms with E-state index in [0.717, 1.165) is 18.5 Å². The predicted molar refractivity (Wildman–Crippen MR) is 75.0 cm³/mol. The summed E-state index contributed by atoms with van der Waals surface area (Å²) >= 11 is 0. The highest BCUT2D eigenvalue weighted by atomic mass is 16.5. The Kier molecular flexibility index (Phi) is 5.01. The van der Waals surface area contributed by atoms with Crippen molar-refractivity contribution in [1.29, 1.82) is 0 Å². The Morgan fingerprint density at radius 3 is 2.72 bits per heavy atom. The summed E-state index contributed by atoms with van der Waals surface area (Å²) in [5, 5.41) is 0. The third-order valence-corrected chi connectivity index (χ3v) is 3.17. The standard InChI is InChI=1S/C14H22N2O2/c1-5-6-10(2)16(3)13-8-7-11(15)9-12(13)14(17)18-4/h7-10H,5-6,15H2,1-4H3. The zero-order chi connectivity index (χ0) is 13.7. The Hall–Kier alpha value is -1.71. The van der Waals surface area contributed by atoms with Crippen LogP contribution in [-0.4, -0.2) is 26.2 Å². The third kappa shape index (κ3) is 3.15. The Morgan fingerprint density at radius 1 is 1.50 bits per heavy atom. The first-order valence-corrected chi connectivity index (χ1v) is 6.21. The van der Waals surface area contributed by atoms with Gasteiger partial charge in [-0.05, 0) is 31.5 Å². The molecule has 2 N–H and O–H groups in total. The minimum absolute atomic E-state index is 0.354. The number of methoxy groups -OCH3 is 1. The fourth-order valence-corrected chi connectivity index (χ4v) is 1.98. The third-order valence-electron chi connectivity index (χ3n) is 3.17.